The number of likely N-dealkylation sites (N-methyl/N-ethyl adjacent to an activating group) is 1. The lowest BCUT2D eigenvalue weighted by Crippen LogP contribution is -2.45. The zero-order chi connectivity index (χ0) is 51.3. The molecule has 70 heavy (non-hydrogen) atoms. The lowest BCUT2D eigenvalue weighted by atomic mass is 10.0. The summed E-state index contributed by atoms with van der Waals surface area (Å²) in [6.07, 6.45) is 66.3. The Hall–Kier alpha value is -0.760. The van der Waals surface area contributed by atoms with Crippen LogP contribution in [0.4, 0.5) is 0 Å². The average Bonchev–Trinajstić information content (AvgIpc) is 3.32. The third-order valence-electron chi connectivity index (χ3n) is 14.5. The van der Waals surface area contributed by atoms with Crippen molar-refractivity contribution in [3.8, 4) is 0 Å². The third-order valence-corrected chi connectivity index (χ3v) is 15.5. The molecule has 0 aliphatic rings. The number of aliphatic hydroxyl groups excluding tert-OH is 1. The monoisotopic (exact) mass is 1010 g/mol. The molecule has 0 aromatic heterocycles. The predicted molar refractivity (Wildman–Crippen MR) is 305 cm³/mol. The normalized spacial score (nSPS) is 13.9. The molecule has 418 valence electrons. The smallest absolute Gasteiger partial charge is 0.387 e. The quantitative estimate of drug-likeness (QED) is 0.0243. The summed E-state index contributed by atoms with van der Waals surface area (Å²) >= 11 is 0. The molecule has 1 amide bonds. The summed E-state index contributed by atoms with van der Waals surface area (Å²) in [6, 6.07) is -0.842. The van der Waals surface area contributed by atoms with Crippen LogP contribution in [-0.4, -0.2) is 73.4 Å². The number of hydrogen-bond acceptors (Lipinski definition) is 5. The summed E-state index contributed by atoms with van der Waals surface area (Å²) in [6.45, 7) is 4.86. The fraction of sp³-hybridized carbons (Fsp3) is 0.951. The molecule has 0 aliphatic heterocycles. The highest BCUT2D eigenvalue weighted by Gasteiger charge is 2.27. The second-order valence-electron chi connectivity index (χ2n) is 22.8. The number of nitrogens with one attached hydrogen (secondary N) is 1. The predicted octanol–water partition coefficient (Wildman–Crippen LogP) is 19.0. The largest absolute Gasteiger partial charge is 0.472 e. The Balaban J connectivity index is 3.96. The third kappa shape index (κ3) is 55.0. The van der Waals surface area contributed by atoms with Crippen molar-refractivity contribution >= 4 is 13.7 Å². The van der Waals surface area contributed by atoms with Crippen molar-refractivity contribution in [1.82, 2.24) is 5.32 Å². The van der Waals surface area contributed by atoms with Gasteiger partial charge in [-0.25, -0.2) is 4.57 Å². The molecule has 0 aromatic rings. The van der Waals surface area contributed by atoms with Crippen molar-refractivity contribution < 1.29 is 32.9 Å². The number of amides is 1. The van der Waals surface area contributed by atoms with Crippen LogP contribution in [0.1, 0.15) is 322 Å². The molecule has 8 nitrogen and oxygen atoms in total. The van der Waals surface area contributed by atoms with E-state index in [1.54, 1.807) is 6.08 Å². The molecule has 0 aromatic carbocycles. The Kier molecular flexibility index (Phi) is 52.5. The van der Waals surface area contributed by atoms with Crippen LogP contribution in [0.15, 0.2) is 12.2 Å². The Labute approximate surface area is 437 Å². The van der Waals surface area contributed by atoms with E-state index in [-0.39, 0.29) is 19.1 Å². The van der Waals surface area contributed by atoms with Crippen LogP contribution in [0.2, 0.25) is 0 Å². The van der Waals surface area contributed by atoms with Crippen LogP contribution in [0, 0.1) is 0 Å². The number of aliphatic hydroxyl groups is 1. The van der Waals surface area contributed by atoms with E-state index in [1.807, 2.05) is 27.2 Å². The number of carbonyl (C=O) groups excluding carboxylic acids is 1. The minimum atomic E-state index is -4.34. The van der Waals surface area contributed by atoms with Crippen molar-refractivity contribution in [3.05, 3.63) is 12.2 Å². The highest BCUT2D eigenvalue weighted by Crippen LogP contribution is 2.43. The molecule has 1 unspecified atom stereocenters. The van der Waals surface area contributed by atoms with Crippen LogP contribution in [0.25, 0.3) is 0 Å². The molecule has 0 saturated heterocycles. The molecule has 0 bridgehead atoms. The van der Waals surface area contributed by atoms with Gasteiger partial charge in [0, 0.05) is 6.42 Å². The summed E-state index contributed by atoms with van der Waals surface area (Å²) < 4.78 is 23.7. The van der Waals surface area contributed by atoms with Crippen LogP contribution < -0.4 is 5.32 Å². The second-order valence-corrected chi connectivity index (χ2v) is 24.3. The van der Waals surface area contributed by atoms with Gasteiger partial charge in [0.1, 0.15) is 13.2 Å². The van der Waals surface area contributed by atoms with E-state index in [2.05, 4.69) is 19.2 Å². The van der Waals surface area contributed by atoms with Gasteiger partial charge in [0.05, 0.1) is 39.9 Å². The Morgan fingerprint density at radius 2 is 0.757 bits per heavy atom. The molecule has 0 spiro atoms. The van der Waals surface area contributed by atoms with Crippen molar-refractivity contribution in [1.29, 1.82) is 0 Å². The number of phosphoric acid groups is 1. The van der Waals surface area contributed by atoms with Gasteiger partial charge in [0.25, 0.3) is 0 Å². The molecule has 0 rings (SSSR count). The van der Waals surface area contributed by atoms with Crippen LogP contribution in [0.3, 0.4) is 0 Å². The second kappa shape index (κ2) is 53.1. The molecule has 0 fully saturated rings. The van der Waals surface area contributed by atoms with Gasteiger partial charge in [-0.1, -0.05) is 309 Å². The summed E-state index contributed by atoms with van der Waals surface area (Å²) in [5, 5.41) is 13.9. The molecule has 0 saturated carbocycles. The van der Waals surface area contributed by atoms with Crippen LogP contribution >= 0.6 is 7.82 Å². The summed E-state index contributed by atoms with van der Waals surface area (Å²) in [5.41, 5.74) is 0. The number of phosphoric ester groups is 1. The van der Waals surface area contributed by atoms with Crippen LogP contribution in [-0.2, 0) is 18.4 Å². The highest BCUT2D eigenvalue weighted by atomic mass is 31.2. The van der Waals surface area contributed by atoms with Crippen molar-refractivity contribution in [2.45, 2.75) is 334 Å². The Bertz CT molecular complexity index is 1150. The van der Waals surface area contributed by atoms with Gasteiger partial charge < -0.3 is 19.8 Å². The van der Waals surface area contributed by atoms with Crippen molar-refractivity contribution in [2.24, 2.45) is 0 Å². The fourth-order valence-corrected chi connectivity index (χ4v) is 10.4. The maximum absolute atomic E-state index is 13.0. The Morgan fingerprint density at radius 3 is 1.06 bits per heavy atom. The topological polar surface area (TPSA) is 105 Å². The highest BCUT2D eigenvalue weighted by molar-refractivity contribution is 7.47. The first-order chi connectivity index (χ1) is 34.0. The van der Waals surface area contributed by atoms with Crippen molar-refractivity contribution in [2.75, 3.05) is 40.9 Å². The van der Waals surface area contributed by atoms with E-state index in [9.17, 15) is 19.4 Å². The van der Waals surface area contributed by atoms with E-state index in [4.69, 9.17) is 9.05 Å². The number of allylic oxidation sites excluding steroid dienone is 1. The molecule has 0 aliphatic carbocycles. The molecular formula is C61H124N2O6P+. The van der Waals surface area contributed by atoms with Crippen molar-refractivity contribution in [3.63, 3.8) is 0 Å². The van der Waals surface area contributed by atoms with Gasteiger partial charge in [-0.2, -0.15) is 0 Å². The molecule has 0 radical (unpaired) electrons. The minimum Gasteiger partial charge on any atom is -0.387 e. The number of quaternary nitrogens is 1. The van der Waals surface area contributed by atoms with Gasteiger partial charge in [-0.15, -0.1) is 0 Å². The fourth-order valence-electron chi connectivity index (χ4n) is 9.63. The van der Waals surface area contributed by atoms with Gasteiger partial charge >= 0.3 is 7.82 Å². The molecule has 9 heteroatoms. The number of carbonyl (C=O) groups is 1. The number of hydrogen-bond donors (Lipinski definition) is 3. The number of unbranched alkanes of at least 4 members (excludes halogenated alkanes) is 45. The first kappa shape index (κ1) is 69.2. The standard InChI is InChI=1S/C61H123N2O6P/c1-6-8-10-12-14-16-18-20-22-23-24-25-26-27-28-29-30-31-32-33-34-35-36-37-38-39-41-43-45-47-49-51-53-55-61(65)62-59(58-69-70(66,67)68-57-56-63(3,4)5)60(64)54-52-50-48-46-44-42-40-21-19-17-15-13-11-9-7-2/h52,54,59-60,64H,6-51,53,55-58H2,1-5H3,(H-,62,65,66,67)/p+1/b54-52+/t59-,60+/m0/s1. The maximum atomic E-state index is 13.0. The first-order valence-corrected chi connectivity index (χ1v) is 32.6. The van der Waals surface area contributed by atoms with E-state index >= 15 is 0 Å². The van der Waals surface area contributed by atoms with E-state index in [0.717, 1.165) is 32.1 Å². The lowest BCUT2D eigenvalue weighted by molar-refractivity contribution is -0.870. The number of nitrogens with zero attached hydrogens (tertiary/aromatic N) is 1. The van der Waals surface area contributed by atoms with Gasteiger partial charge in [0.2, 0.25) is 5.91 Å². The lowest BCUT2D eigenvalue weighted by Gasteiger charge is -2.25. The first-order valence-electron chi connectivity index (χ1n) is 31.1. The zero-order valence-electron chi connectivity index (χ0n) is 47.8. The van der Waals surface area contributed by atoms with Gasteiger partial charge in [-0.05, 0) is 19.3 Å². The van der Waals surface area contributed by atoms with E-state index < -0.39 is 20.0 Å². The van der Waals surface area contributed by atoms with Gasteiger partial charge in [-0.3, -0.25) is 13.8 Å². The molecule has 0 heterocycles. The Morgan fingerprint density at radius 1 is 0.471 bits per heavy atom. The van der Waals surface area contributed by atoms with E-state index in [1.165, 1.54) is 270 Å². The van der Waals surface area contributed by atoms with Gasteiger partial charge in [0.15, 0.2) is 0 Å². The molecule has 3 N–H and O–H groups in total. The summed E-state index contributed by atoms with van der Waals surface area (Å²) in [7, 11) is 1.59. The SMILES string of the molecule is CCCCCCCCCCCCCCC/C=C/[C@@H](O)[C@H](COP(=O)(O)OCC[N+](C)(C)C)NC(=O)CCCCCCCCCCCCCCCCCCCCCCCCCCCCCCCCCCC. The number of rotatable bonds is 58. The summed E-state index contributed by atoms with van der Waals surface area (Å²) in [4.78, 5) is 23.3. The molecule has 3 atom stereocenters. The van der Waals surface area contributed by atoms with E-state index in [0.29, 0.717) is 17.4 Å². The average molecular weight is 1010 g/mol. The maximum Gasteiger partial charge on any atom is 0.472 e. The van der Waals surface area contributed by atoms with Crippen LogP contribution in [0.5, 0.6) is 0 Å². The zero-order valence-corrected chi connectivity index (χ0v) is 48.7. The minimum absolute atomic E-state index is 0.0651. The molecular weight excluding hydrogens is 888 g/mol. The summed E-state index contributed by atoms with van der Waals surface area (Å²) in [5.74, 6) is -0.169.